The summed E-state index contributed by atoms with van der Waals surface area (Å²) in [6.07, 6.45) is 3.66. The van der Waals surface area contributed by atoms with Crippen molar-refractivity contribution in [2.45, 2.75) is 26.2 Å². The molecule has 274 valence electrons. The van der Waals surface area contributed by atoms with Gasteiger partial charge >= 0.3 is 0 Å². The number of anilines is 3. The Morgan fingerprint density at radius 3 is 2.31 bits per heavy atom. The van der Waals surface area contributed by atoms with Crippen LogP contribution in [0.2, 0.25) is 0 Å². The first kappa shape index (κ1) is 34.8. The van der Waals surface area contributed by atoms with E-state index in [4.69, 9.17) is 9.72 Å². The Hall–Kier alpha value is -5.91. The molecule has 0 fully saturated rings. The van der Waals surface area contributed by atoms with Gasteiger partial charge in [-0.15, -0.1) is 17.5 Å². The zero-order valence-corrected chi connectivity index (χ0v) is 33.4. The van der Waals surface area contributed by atoms with Crippen molar-refractivity contribution < 1.29 is 25.8 Å². The minimum absolute atomic E-state index is 0. The van der Waals surface area contributed by atoms with Crippen molar-refractivity contribution in [1.82, 2.24) is 19.1 Å². The smallest absolute Gasteiger partial charge is 0.135 e. The van der Waals surface area contributed by atoms with Gasteiger partial charge in [0.2, 0.25) is 0 Å². The van der Waals surface area contributed by atoms with Crippen molar-refractivity contribution in [3.63, 3.8) is 0 Å². The van der Waals surface area contributed by atoms with Gasteiger partial charge in [0.1, 0.15) is 11.7 Å². The number of hydrogen-bond donors (Lipinski definition) is 0. The maximum absolute atomic E-state index is 6.44. The van der Waals surface area contributed by atoms with E-state index >= 15 is 0 Å². The number of para-hydroxylation sites is 4. The van der Waals surface area contributed by atoms with Gasteiger partial charge in [-0.2, -0.15) is 30.6 Å². The summed E-state index contributed by atoms with van der Waals surface area (Å²) in [5.41, 5.74) is 10.9. The third kappa shape index (κ3) is 5.68. The normalized spacial score (nSPS) is 12.9. The van der Waals surface area contributed by atoms with Crippen molar-refractivity contribution in [1.29, 1.82) is 0 Å². The Kier molecular flexibility index (Phi) is 8.32. The van der Waals surface area contributed by atoms with Crippen molar-refractivity contribution in [3.8, 4) is 28.6 Å². The van der Waals surface area contributed by atoms with Gasteiger partial charge in [-0.05, 0) is 71.6 Å². The molecule has 5 aromatic carbocycles. The van der Waals surface area contributed by atoms with Crippen molar-refractivity contribution in [2.24, 2.45) is 7.05 Å². The van der Waals surface area contributed by atoms with E-state index in [2.05, 4.69) is 155 Å². The van der Waals surface area contributed by atoms with Gasteiger partial charge in [-0.1, -0.05) is 87.0 Å². The van der Waals surface area contributed by atoms with E-state index in [1.165, 1.54) is 32.9 Å². The van der Waals surface area contributed by atoms with Crippen LogP contribution in [0.5, 0.6) is 11.6 Å². The van der Waals surface area contributed by atoms with Crippen LogP contribution in [-0.4, -0.2) is 26.1 Å². The molecular formula is C47H37N6OPt-3. The average molecular weight is 897 g/mol. The van der Waals surface area contributed by atoms with Crippen LogP contribution in [0.25, 0.3) is 60.6 Å². The fraction of sp³-hybridized carbons (Fsp3) is 0.128. The van der Waals surface area contributed by atoms with Crippen molar-refractivity contribution in [3.05, 3.63) is 152 Å². The Balaban J connectivity index is 0.00000397. The number of fused-ring (bicyclic) bond motifs is 7. The summed E-state index contributed by atoms with van der Waals surface area (Å²) in [5.74, 6) is 1.74. The molecule has 0 saturated carbocycles. The van der Waals surface area contributed by atoms with Gasteiger partial charge in [0.05, 0.1) is 5.52 Å². The molecule has 0 unspecified atom stereocenters. The third-order valence-corrected chi connectivity index (χ3v) is 10.7. The molecular weight excluding hydrogens is 860 g/mol. The molecule has 0 amide bonds. The van der Waals surface area contributed by atoms with E-state index in [1.807, 2.05) is 44.2 Å². The number of benzene rings is 5. The van der Waals surface area contributed by atoms with E-state index in [1.54, 1.807) is 6.20 Å². The average Bonchev–Trinajstić information content (AvgIpc) is 3.81. The Labute approximate surface area is 334 Å². The zero-order chi connectivity index (χ0) is 36.7. The number of aryl methyl sites for hydroxylation is 1. The van der Waals surface area contributed by atoms with Gasteiger partial charge in [0, 0.05) is 78.8 Å². The molecule has 0 bridgehead atoms. The zero-order valence-electron chi connectivity index (χ0n) is 31.1. The second-order valence-electron chi connectivity index (χ2n) is 15.0. The van der Waals surface area contributed by atoms with E-state index in [-0.39, 0.29) is 26.5 Å². The maximum atomic E-state index is 6.44. The number of nitrogens with zero attached hydrogens (tertiary/aromatic N) is 6. The largest absolute Gasteiger partial charge is 0.504 e. The molecule has 1 aliphatic heterocycles. The summed E-state index contributed by atoms with van der Waals surface area (Å²) < 4.78 is 10.9. The summed E-state index contributed by atoms with van der Waals surface area (Å²) in [7, 11) is 4.20. The first-order valence-corrected chi connectivity index (χ1v) is 18.2. The van der Waals surface area contributed by atoms with Crippen LogP contribution in [0.3, 0.4) is 0 Å². The molecule has 10 rings (SSSR count). The molecule has 0 N–H and O–H groups in total. The molecule has 0 saturated heterocycles. The van der Waals surface area contributed by atoms with E-state index in [0.717, 1.165) is 50.2 Å². The predicted molar refractivity (Wildman–Crippen MR) is 220 cm³/mol. The van der Waals surface area contributed by atoms with Crippen LogP contribution in [0.4, 0.5) is 17.1 Å². The Morgan fingerprint density at radius 2 is 1.45 bits per heavy atom. The molecule has 7 nitrogen and oxygen atoms in total. The molecule has 8 heteroatoms. The van der Waals surface area contributed by atoms with Crippen LogP contribution >= 0.6 is 0 Å². The molecule has 0 aliphatic carbocycles. The topological polar surface area (TPSA) is 51.4 Å². The van der Waals surface area contributed by atoms with Gasteiger partial charge in [-0.25, -0.2) is 4.98 Å². The standard InChI is InChI=1S/C47H37N6O.Pt/c1-47(2,3)31-21-23-48-44(26-31)53-40-20-17-30(34-12-10-13-37-35-11-6-7-14-39(35)51(5)46(34)37)25-38(40)36-19-18-33(28-43(36)53)54-45-27-32(22-24-49-45)52-29-50(4)41-15-8-9-16-42(41)52;/h6-26,29H,1-5H3;/q-3;. The number of pyridine rings is 2. The molecule has 0 spiro atoms. The number of ether oxygens (including phenoxy) is 1. The van der Waals surface area contributed by atoms with Crippen molar-refractivity contribution >= 4 is 60.7 Å². The molecule has 4 aromatic heterocycles. The van der Waals surface area contributed by atoms with Gasteiger partial charge in [0.15, 0.2) is 0 Å². The first-order valence-electron chi connectivity index (χ1n) is 18.2. The van der Waals surface area contributed by atoms with Crippen LogP contribution in [-0.2, 0) is 33.5 Å². The molecule has 0 radical (unpaired) electrons. The number of hydrogen-bond acceptors (Lipinski definition) is 5. The summed E-state index contributed by atoms with van der Waals surface area (Å²) >= 11 is 0. The summed E-state index contributed by atoms with van der Waals surface area (Å²) in [5, 5.41) is 4.68. The summed E-state index contributed by atoms with van der Waals surface area (Å²) in [6, 6.07) is 47.6. The Bertz CT molecular complexity index is 2940. The predicted octanol–water partition coefficient (Wildman–Crippen LogP) is 11.3. The SMILES string of the molecule is CN1[CH-]N(c2[c-]c(Oc3[c-]c4c(cc3)c3cc(-c5cccc6c7ccccc7n(C)c56)ccc3n4-c3cc(C(C)(C)C)ccn3)ncc2)c2ccccc21.[Pt]. The summed E-state index contributed by atoms with van der Waals surface area (Å²) in [4.78, 5) is 13.7. The van der Waals surface area contributed by atoms with Crippen LogP contribution in [0, 0.1) is 18.8 Å². The van der Waals surface area contributed by atoms with Gasteiger partial charge in [-0.3, -0.25) is 4.98 Å². The molecule has 5 heterocycles. The molecule has 9 aromatic rings. The van der Waals surface area contributed by atoms with Crippen LogP contribution in [0.15, 0.2) is 128 Å². The first-order chi connectivity index (χ1) is 26.2. The van der Waals surface area contributed by atoms with E-state index < -0.39 is 0 Å². The molecule has 55 heavy (non-hydrogen) atoms. The third-order valence-electron chi connectivity index (χ3n) is 10.7. The van der Waals surface area contributed by atoms with Crippen LogP contribution in [0.1, 0.15) is 26.3 Å². The van der Waals surface area contributed by atoms with Crippen molar-refractivity contribution in [2.75, 3.05) is 16.8 Å². The number of rotatable bonds is 5. The quantitative estimate of drug-likeness (QED) is 0.161. The number of aromatic nitrogens is 4. The van der Waals surface area contributed by atoms with E-state index in [0.29, 0.717) is 11.6 Å². The Morgan fingerprint density at radius 1 is 0.673 bits per heavy atom. The fourth-order valence-electron chi connectivity index (χ4n) is 7.98. The fourth-order valence-corrected chi connectivity index (χ4v) is 7.98. The second-order valence-corrected chi connectivity index (χ2v) is 15.0. The van der Waals surface area contributed by atoms with Gasteiger partial charge in [0.25, 0.3) is 0 Å². The van der Waals surface area contributed by atoms with Gasteiger partial charge < -0.3 is 23.7 Å². The molecule has 1 aliphatic rings. The second kappa shape index (κ2) is 13.1. The minimum atomic E-state index is -0.0481. The van der Waals surface area contributed by atoms with Crippen LogP contribution < -0.4 is 14.5 Å². The minimum Gasteiger partial charge on any atom is -0.504 e. The summed E-state index contributed by atoms with van der Waals surface area (Å²) in [6.45, 7) is 8.72. The monoisotopic (exact) mass is 896 g/mol. The molecule has 0 atom stereocenters. The van der Waals surface area contributed by atoms with E-state index in [9.17, 15) is 0 Å². The maximum Gasteiger partial charge on any atom is 0.135 e.